The second-order valence-electron chi connectivity index (χ2n) is 15.2. The monoisotopic (exact) mass is 864 g/mol. The lowest BCUT2D eigenvalue weighted by Crippen LogP contribution is -2.43. The Morgan fingerprint density at radius 3 is 1.45 bits per heavy atom. The van der Waals surface area contributed by atoms with E-state index in [2.05, 4.69) is 92.1 Å². The van der Waals surface area contributed by atoms with Gasteiger partial charge in [-0.05, 0) is 83.5 Å². The molecule has 11 nitrogen and oxygen atoms in total. The molecule has 0 radical (unpaired) electrons. The number of nitrogens with one attached hydrogen (secondary N) is 1. The van der Waals surface area contributed by atoms with Crippen LogP contribution in [-0.2, 0) is 32.7 Å². The van der Waals surface area contributed by atoms with Crippen LogP contribution in [0.15, 0.2) is 72.9 Å². The molecule has 3 unspecified atom stereocenters. The Bertz CT molecular complexity index is 1290. The minimum absolute atomic E-state index is 0.122. The van der Waals surface area contributed by atoms with Gasteiger partial charge in [0, 0.05) is 12.8 Å². The first-order valence-corrected chi connectivity index (χ1v) is 24.5. The highest BCUT2D eigenvalue weighted by Gasteiger charge is 2.28. The molecule has 3 atom stereocenters. The Morgan fingerprint density at radius 1 is 0.550 bits per heavy atom. The van der Waals surface area contributed by atoms with Gasteiger partial charge in [0.05, 0.1) is 13.2 Å². The van der Waals surface area contributed by atoms with E-state index in [0.717, 1.165) is 89.9 Å². The molecule has 0 spiro atoms. The Labute approximate surface area is 363 Å². The summed E-state index contributed by atoms with van der Waals surface area (Å²) in [6.45, 7) is 2.43. The number of hydrogen-bond donors (Lipinski definition) is 4. The van der Waals surface area contributed by atoms with Crippen molar-refractivity contribution in [3.8, 4) is 0 Å². The van der Waals surface area contributed by atoms with Crippen LogP contribution in [0.2, 0.25) is 0 Å². The van der Waals surface area contributed by atoms with Crippen LogP contribution < -0.4 is 5.32 Å². The minimum atomic E-state index is -4.77. The van der Waals surface area contributed by atoms with Crippen molar-refractivity contribution in [2.45, 2.75) is 193 Å². The van der Waals surface area contributed by atoms with Crippen LogP contribution >= 0.6 is 7.82 Å². The number of unbranched alkanes of at least 4 members (excludes halogenated alkanes) is 16. The molecule has 0 saturated heterocycles. The van der Waals surface area contributed by atoms with E-state index in [-0.39, 0.29) is 12.8 Å². The Kier molecular flexibility index (Phi) is 40.4. The molecule has 0 aromatic rings. The summed E-state index contributed by atoms with van der Waals surface area (Å²) >= 11 is 0. The molecular formula is C48H82NO10P. The number of rotatable bonds is 42. The average molecular weight is 864 g/mol. The Balaban J connectivity index is 3.90. The SMILES string of the molecule is CC/C=C\C/C=C\C/C=C\CCCCCCCC(=O)NC(COP(=O)(O)OCC(O)COC(=O)CCCCCCCCCC/C=C\C/C=C\C/C=C\CCCCC)C(=O)O. The largest absolute Gasteiger partial charge is 0.480 e. The number of amides is 1. The van der Waals surface area contributed by atoms with E-state index in [9.17, 15) is 34.1 Å². The molecule has 0 aromatic heterocycles. The van der Waals surface area contributed by atoms with Gasteiger partial charge in [-0.15, -0.1) is 0 Å². The zero-order valence-electron chi connectivity index (χ0n) is 37.2. The highest BCUT2D eigenvalue weighted by atomic mass is 31.2. The van der Waals surface area contributed by atoms with Crippen molar-refractivity contribution in [1.82, 2.24) is 5.32 Å². The third-order valence-corrected chi connectivity index (χ3v) is 10.4. The van der Waals surface area contributed by atoms with Gasteiger partial charge in [0.2, 0.25) is 5.91 Å². The number of phosphoric acid groups is 1. The van der Waals surface area contributed by atoms with Crippen LogP contribution in [0, 0.1) is 0 Å². The van der Waals surface area contributed by atoms with E-state index in [1.807, 2.05) is 0 Å². The number of allylic oxidation sites excluding steroid dienone is 12. The van der Waals surface area contributed by atoms with Crippen molar-refractivity contribution in [2.75, 3.05) is 19.8 Å². The van der Waals surface area contributed by atoms with Crippen LogP contribution in [0.5, 0.6) is 0 Å². The lowest BCUT2D eigenvalue weighted by Gasteiger charge is -2.18. The number of hydrogen-bond acceptors (Lipinski definition) is 8. The molecule has 0 aliphatic heterocycles. The van der Waals surface area contributed by atoms with E-state index in [1.165, 1.54) is 51.4 Å². The molecule has 1 amide bonds. The van der Waals surface area contributed by atoms with Gasteiger partial charge >= 0.3 is 19.8 Å². The van der Waals surface area contributed by atoms with Crippen LogP contribution in [-0.4, -0.2) is 64.9 Å². The van der Waals surface area contributed by atoms with Gasteiger partial charge in [0.1, 0.15) is 12.7 Å². The number of carboxylic acids is 1. The first-order valence-electron chi connectivity index (χ1n) is 23.0. The number of aliphatic carboxylic acids is 1. The summed E-state index contributed by atoms with van der Waals surface area (Å²) in [5.41, 5.74) is 0. The van der Waals surface area contributed by atoms with Crippen molar-refractivity contribution in [3.05, 3.63) is 72.9 Å². The smallest absolute Gasteiger partial charge is 0.472 e. The van der Waals surface area contributed by atoms with Crippen molar-refractivity contribution in [3.63, 3.8) is 0 Å². The van der Waals surface area contributed by atoms with Crippen LogP contribution in [0.1, 0.15) is 181 Å². The van der Waals surface area contributed by atoms with Gasteiger partial charge in [-0.25, -0.2) is 9.36 Å². The summed E-state index contributed by atoms with van der Waals surface area (Å²) < 4.78 is 26.9. The normalized spacial score (nSPS) is 14.3. The Hall–Kier alpha value is -3.08. The van der Waals surface area contributed by atoms with Crippen molar-refractivity contribution in [1.29, 1.82) is 0 Å². The highest BCUT2D eigenvalue weighted by Crippen LogP contribution is 2.43. The molecule has 0 aliphatic rings. The number of aliphatic hydroxyl groups is 1. The summed E-state index contributed by atoms with van der Waals surface area (Å²) in [5.74, 6) is -2.41. The molecule has 0 aliphatic carbocycles. The van der Waals surface area contributed by atoms with Crippen molar-refractivity contribution < 1.29 is 47.8 Å². The Morgan fingerprint density at radius 2 is 0.967 bits per heavy atom. The quantitative estimate of drug-likeness (QED) is 0.0201. The third kappa shape index (κ3) is 41.6. The van der Waals surface area contributed by atoms with Gasteiger partial charge < -0.3 is 25.2 Å². The second kappa shape index (κ2) is 42.6. The van der Waals surface area contributed by atoms with Gasteiger partial charge in [0.15, 0.2) is 6.04 Å². The zero-order chi connectivity index (χ0) is 44.2. The number of phosphoric ester groups is 1. The van der Waals surface area contributed by atoms with E-state index >= 15 is 0 Å². The molecular weight excluding hydrogens is 781 g/mol. The van der Waals surface area contributed by atoms with Gasteiger partial charge in [-0.3, -0.25) is 18.6 Å². The zero-order valence-corrected chi connectivity index (χ0v) is 38.1. The first kappa shape index (κ1) is 56.9. The predicted octanol–water partition coefficient (Wildman–Crippen LogP) is 12.1. The second-order valence-corrected chi connectivity index (χ2v) is 16.7. The summed E-state index contributed by atoms with van der Waals surface area (Å²) in [7, 11) is -4.77. The molecule has 344 valence electrons. The van der Waals surface area contributed by atoms with Crippen LogP contribution in [0.25, 0.3) is 0 Å². The molecule has 0 aromatic carbocycles. The fourth-order valence-electron chi connectivity index (χ4n) is 5.92. The topological polar surface area (TPSA) is 169 Å². The summed E-state index contributed by atoms with van der Waals surface area (Å²) in [6, 6.07) is -1.56. The maximum Gasteiger partial charge on any atom is 0.472 e. The number of ether oxygens (including phenoxy) is 1. The van der Waals surface area contributed by atoms with E-state index < -0.39 is 57.6 Å². The number of carboxylic acid groups (broad SMARTS) is 1. The minimum Gasteiger partial charge on any atom is -0.480 e. The molecule has 12 heteroatoms. The van der Waals surface area contributed by atoms with E-state index in [4.69, 9.17) is 13.8 Å². The van der Waals surface area contributed by atoms with Gasteiger partial charge in [0.25, 0.3) is 0 Å². The third-order valence-electron chi connectivity index (χ3n) is 9.48. The highest BCUT2D eigenvalue weighted by molar-refractivity contribution is 7.47. The lowest BCUT2D eigenvalue weighted by molar-refractivity contribution is -0.147. The maximum absolute atomic E-state index is 12.3. The molecule has 4 N–H and O–H groups in total. The summed E-state index contributed by atoms with van der Waals surface area (Å²) in [6.07, 6.45) is 50.6. The van der Waals surface area contributed by atoms with Crippen molar-refractivity contribution >= 4 is 25.7 Å². The molecule has 0 saturated carbocycles. The summed E-state index contributed by atoms with van der Waals surface area (Å²) in [4.78, 5) is 46.0. The lowest BCUT2D eigenvalue weighted by atomic mass is 10.1. The van der Waals surface area contributed by atoms with Crippen molar-refractivity contribution in [2.24, 2.45) is 0 Å². The van der Waals surface area contributed by atoms with E-state index in [0.29, 0.717) is 12.8 Å². The maximum atomic E-state index is 12.3. The standard InChI is InChI=1S/C48H82NO10P/c1-3-5-7-9-11-13-15-17-19-20-21-22-23-24-26-28-30-32-34-36-38-40-47(52)57-41-44(50)42-58-60(55,56)59-43-45(48(53)54)49-46(51)39-37-35-33-31-29-27-25-18-16-14-12-10-8-6-4-2/h6,8,11-14,17-19,21-22,25,44-45,50H,3-5,7,9-10,15-16,20,23-24,26-43H2,1-2H3,(H,49,51)(H,53,54)(H,55,56)/b8-6-,13-11-,14-12-,19-17-,22-21-,25-18-. The summed E-state index contributed by atoms with van der Waals surface area (Å²) in [5, 5.41) is 21.8. The molecule has 0 heterocycles. The molecule has 0 fully saturated rings. The fourth-order valence-corrected chi connectivity index (χ4v) is 6.70. The molecule has 0 bridgehead atoms. The molecule has 0 rings (SSSR count). The average Bonchev–Trinajstić information content (AvgIpc) is 3.22. The number of aliphatic hydroxyl groups excluding tert-OH is 1. The van der Waals surface area contributed by atoms with Gasteiger partial charge in [-0.1, -0.05) is 157 Å². The number of carbonyl (C=O) groups excluding carboxylic acids is 2. The number of carbonyl (C=O) groups is 3. The first-order chi connectivity index (χ1) is 29.1. The van der Waals surface area contributed by atoms with E-state index in [1.54, 1.807) is 0 Å². The van der Waals surface area contributed by atoms with Gasteiger partial charge in [-0.2, -0.15) is 0 Å². The fraction of sp³-hybridized carbons (Fsp3) is 0.688. The van der Waals surface area contributed by atoms with Crippen LogP contribution in [0.4, 0.5) is 0 Å². The van der Waals surface area contributed by atoms with Crippen LogP contribution in [0.3, 0.4) is 0 Å². The number of esters is 1. The predicted molar refractivity (Wildman–Crippen MR) is 244 cm³/mol. The molecule has 60 heavy (non-hydrogen) atoms.